The van der Waals surface area contributed by atoms with Crippen LogP contribution in [0.3, 0.4) is 0 Å². The van der Waals surface area contributed by atoms with Gasteiger partial charge in [0.1, 0.15) is 5.82 Å². The van der Waals surface area contributed by atoms with Gasteiger partial charge in [-0.1, -0.05) is 13.8 Å². The summed E-state index contributed by atoms with van der Waals surface area (Å²) in [6, 6.07) is 0. The van der Waals surface area contributed by atoms with Crippen LogP contribution in [0.15, 0.2) is 6.20 Å². The molecule has 4 nitrogen and oxygen atoms in total. The van der Waals surface area contributed by atoms with Crippen LogP contribution in [0.2, 0.25) is 0 Å². The lowest BCUT2D eigenvalue weighted by atomic mass is 10.2. The molecule has 1 rings (SSSR count). The van der Waals surface area contributed by atoms with Crippen molar-refractivity contribution in [2.45, 2.75) is 32.6 Å². The SMILES string of the molecule is COC(=O)CCc1ncc(C(C)C)[nH]1. The lowest BCUT2D eigenvalue weighted by Gasteiger charge is -1.99. The Morgan fingerprint density at radius 1 is 1.64 bits per heavy atom. The molecule has 0 atom stereocenters. The smallest absolute Gasteiger partial charge is 0.305 e. The Morgan fingerprint density at radius 3 is 2.86 bits per heavy atom. The molecule has 0 saturated carbocycles. The van der Waals surface area contributed by atoms with Crippen molar-refractivity contribution in [3.63, 3.8) is 0 Å². The number of aromatic amines is 1. The maximum absolute atomic E-state index is 10.9. The third-order valence-corrected chi connectivity index (χ3v) is 2.06. The highest BCUT2D eigenvalue weighted by Crippen LogP contribution is 2.11. The standard InChI is InChI=1S/C10H16N2O2/c1-7(2)8-6-11-9(12-8)4-5-10(13)14-3/h6-7H,4-5H2,1-3H3,(H,11,12). The first-order chi connectivity index (χ1) is 6.63. The van der Waals surface area contributed by atoms with Gasteiger partial charge in [0, 0.05) is 18.3 Å². The van der Waals surface area contributed by atoms with Gasteiger partial charge in [0.2, 0.25) is 0 Å². The van der Waals surface area contributed by atoms with Crippen LogP contribution in [0.25, 0.3) is 0 Å². The molecule has 0 aromatic carbocycles. The first-order valence-corrected chi connectivity index (χ1v) is 4.74. The van der Waals surface area contributed by atoms with Crippen molar-refractivity contribution in [2.75, 3.05) is 7.11 Å². The highest BCUT2D eigenvalue weighted by atomic mass is 16.5. The summed E-state index contributed by atoms with van der Waals surface area (Å²) in [5, 5.41) is 0. The van der Waals surface area contributed by atoms with Crippen LogP contribution in [-0.2, 0) is 16.0 Å². The number of imidazole rings is 1. The second-order valence-electron chi connectivity index (χ2n) is 3.52. The molecule has 0 unspecified atom stereocenters. The lowest BCUT2D eigenvalue weighted by Crippen LogP contribution is -2.02. The number of carbonyl (C=O) groups excluding carboxylic acids is 1. The van der Waals surface area contributed by atoms with E-state index in [4.69, 9.17) is 0 Å². The molecule has 0 bridgehead atoms. The minimum Gasteiger partial charge on any atom is -0.469 e. The van der Waals surface area contributed by atoms with E-state index in [1.807, 2.05) is 6.20 Å². The number of carbonyl (C=O) groups is 1. The first kappa shape index (κ1) is 10.8. The van der Waals surface area contributed by atoms with Crippen molar-refractivity contribution in [1.82, 2.24) is 9.97 Å². The molecule has 0 amide bonds. The normalized spacial score (nSPS) is 10.6. The van der Waals surface area contributed by atoms with E-state index >= 15 is 0 Å². The second-order valence-corrected chi connectivity index (χ2v) is 3.52. The Kier molecular flexibility index (Phi) is 3.68. The van der Waals surface area contributed by atoms with Crippen molar-refractivity contribution in [2.24, 2.45) is 0 Å². The number of esters is 1. The molecule has 0 radical (unpaired) electrons. The summed E-state index contributed by atoms with van der Waals surface area (Å²) in [6.07, 6.45) is 2.80. The number of hydrogen-bond donors (Lipinski definition) is 1. The average Bonchev–Trinajstić information content (AvgIpc) is 2.62. The largest absolute Gasteiger partial charge is 0.469 e. The molecule has 1 aromatic rings. The topological polar surface area (TPSA) is 55.0 Å². The highest BCUT2D eigenvalue weighted by molar-refractivity contribution is 5.69. The Bertz CT molecular complexity index is 305. The third kappa shape index (κ3) is 2.87. The Balaban J connectivity index is 2.48. The zero-order chi connectivity index (χ0) is 10.6. The summed E-state index contributed by atoms with van der Waals surface area (Å²) < 4.78 is 4.55. The predicted molar refractivity (Wildman–Crippen MR) is 53.0 cm³/mol. The summed E-state index contributed by atoms with van der Waals surface area (Å²) in [4.78, 5) is 18.2. The number of ether oxygens (including phenoxy) is 1. The highest BCUT2D eigenvalue weighted by Gasteiger charge is 2.06. The summed E-state index contributed by atoms with van der Waals surface area (Å²) in [5.74, 6) is 1.08. The monoisotopic (exact) mass is 196 g/mol. The number of nitrogens with zero attached hydrogens (tertiary/aromatic N) is 1. The molecule has 4 heteroatoms. The Hall–Kier alpha value is -1.32. The van der Waals surface area contributed by atoms with Crippen molar-refractivity contribution >= 4 is 5.97 Å². The minimum absolute atomic E-state index is 0.201. The Labute approximate surface area is 83.7 Å². The molecule has 0 saturated heterocycles. The van der Waals surface area contributed by atoms with E-state index in [9.17, 15) is 4.79 Å². The quantitative estimate of drug-likeness (QED) is 0.745. The van der Waals surface area contributed by atoms with Gasteiger partial charge in [-0.15, -0.1) is 0 Å². The van der Waals surface area contributed by atoms with Gasteiger partial charge in [0.15, 0.2) is 0 Å². The van der Waals surface area contributed by atoms with Crippen LogP contribution in [0.4, 0.5) is 0 Å². The maximum Gasteiger partial charge on any atom is 0.305 e. The number of hydrogen-bond acceptors (Lipinski definition) is 3. The van der Waals surface area contributed by atoms with Gasteiger partial charge in [-0.3, -0.25) is 4.79 Å². The van der Waals surface area contributed by atoms with Crippen molar-refractivity contribution in [3.8, 4) is 0 Å². The van der Waals surface area contributed by atoms with Crippen molar-refractivity contribution < 1.29 is 9.53 Å². The predicted octanol–water partition coefficient (Wildman–Crippen LogP) is 1.64. The van der Waals surface area contributed by atoms with E-state index in [1.165, 1.54) is 7.11 Å². The zero-order valence-corrected chi connectivity index (χ0v) is 8.83. The summed E-state index contributed by atoms with van der Waals surface area (Å²) in [7, 11) is 1.39. The van der Waals surface area contributed by atoms with Crippen LogP contribution in [0, 0.1) is 0 Å². The third-order valence-electron chi connectivity index (χ3n) is 2.06. The van der Waals surface area contributed by atoms with Crippen LogP contribution in [-0.4, -0.2) is 23.0 Å². The summed E-state index contributed by atoms with van der Waals surface area (Å²) in [6.45, 7) is 4.19. The fraction of sp³-hybridized carbons (Fsp3) is 0.600. The van der Waals surface area contributed by atoms with Gasteiger partial charge < -0.3 is 9.72 Å². The number of methoxy groups -OCH3 is 1. The molecular formula is C10H16N2O2. The van der Waals surface area contributed by atoms with Gasteiger partial charge in [0.05, 0.1) is 13.5 Å². The van der Waals surface area contributed by atoms with Gasteiger partial charge in [-0.25, -0.2) is 4.98 Å². The van der Waals surface area contributed by atoms with E-state index in [-0.39, 0.29) is 5.97 Å². The molecule has 0 spiro atoms. The molecular weight excluding hydrogens is 180 g/mol. The average molecular weight is 196 g/mol. The molecule has 78 valence electrons. The molecule has 14 heavy (non-hydrogen) atoms. The van der Waals surface area contributed by atoms with E-state index in [1.54, 1.807) is 0 Å². The van der Waals surface area contributed by atoms with Crippen LogP contribution >= 0.6 is 0 Å². The first-order valence-electron chi connectivity index (χ1n) is 4.74. The number of aromatic nitrogens is 2. The van der Waals surface area contributed by atoms with E-state index in [0.29, 0.717) is 18.8 Å². The Morgan fingerprint density at radius 2 is 2.36 bits per heavy atom. The molecule has 0 fully saturated rings. The number of rotatable bonds is 4. The maximum atomic E-state index is 10.9. The van der Waals surface area contributed by atoms with E-state index in [2.05, 4.69) is 28.6 Å². The minimum atomic E-state index is -0.201. The number of nitrogens with one attached hydrogen (secondary N) is 1. The molecule has 0 aliphatic rings. The molecule has 0 aliphatic carbocycles. The van der Waals surface area contributed by atoms with Gasteiger partial charge in [0.25, 0.3) is 0 Å². The summed E-state index contributed by atoms with van der Waals surface area (Å²) in [5.41, 5.74) is 1.10. The number of H-pyrrole nitrogens is 1. The van der Waals surface area contributed by atoms with Gasteiger partial charge in [-0.05, 0) is 5.92 Å². The van der Waals surface area contributed by atoms with Crippen LogP contribution in [0.1, 0.15) is 37.7 Å². The molecule has 1 heterocycles. The van der Waals surface area contributed by atoms with Gasteiger partial charge >= 0.3 is 5.97 Å². The van der Waals surface area contributed by atoms with E-state index < -0.39 is 0 Å². The fourth-order valence-electron chi connectivity index (χ4n) is 1.12. The van der Waals surface area contributed by atoms with Crippen molar-refractivity contribution in [3.05, 3.63) is 17.7 Å². The van der Waals surface area contributed by atoms with Crippen LogP contribution in [0.5, 0.6) is 0 Å². The van der Waals surface area contributed by atoms with E-state index in [0.717, 1.165) is 11.5 Å². The number of aryl methyl sites for hydroxylation is 1. The van der Waals surface area contributed by atoms with Gasteiger partial charge in [-0.2, -0.15) is 0 Å². The zero-order valence-electron chi connectivity index (χ0n) is 8.83. The van der Waals surface area contributed by atoms with Crippen molar-refractivity contribution in [1.29, 1.82) is 0 Å². The summed E-state index contributed by atoms with van der Waals surface area (Å²) >= 11 is 0. The second kappa shape index (κ2) is 4.79. The molecule has 0 aliphatic heterocycles. The molecule has 1 aromatic heterocycles. The van der Waals surface area contributed by atoms with Crippen LogP contribution < -0.4 is 0 Å². The lowest BCUT2D eigenvalue weighted by molar-refractivity contribution is -0.140. The molecule has 1 N–H and O–H groups in total. The fourth-order valence-corrected chi connectivity index (χ4v) is 1.12.